The highest BCUT2D eigenvalue weighted by Crippen LogP contribution is 2.35. The van der Waals surface area contributed by atoms with Crippen molar-refractivity contribution < 1.29 is 13.2 Å². The van der Waals surface area contributed by atoms with Gasteiger partial charge in [-0.3, -0.25) is 0 Å². The molecular weight excluding hydrogens is 285 g/mol. The zero-order chi connectivity index (χ0) is 11.8. The standard InChI is InChI=1S/C10H6BrF3N2/c11-7-1-2-9(16-4-3-15-6-16)8(5-7)10(12,13)14/h1-6H. The van der Waals surface area contributed by atoms with Crippen LogP contribution in [0.1, 0.15) is 5.56 Å². The van der Waals surface area contributed by atoms with Gasteiger partial charge in [-0.15, -0.1) is 0 Å². The molecule has 0 saturated carbocycles. The van der Waals surface area contributed by atoms with Crippen LogP contribution < -0.4 is 0 Å². The van der Waals surface area contributed by atoms with E-state index in [-0.39, 0.29) is 5.69 Å². The van der Waals surface area contributed by atoms with Crippen molar-refractivity contribution in [1.29, 1.82) is 0 Å². The second-order valence-electron chi connectivity index (χ2n) is 3.13. The molecule has 2 rings (SSSR count). The molecular formula is C10H6BrF3N2. The average molecular weight is 291 g/mol. The molecule has 0 aliphatic carbocycles. The average Bonchev–Trinajstić information content (AvgIpc) is 2.69. The highest BCUT2D eigenvalue weighted by Gasteiger charge is 2.34. The second kappa shape index (κ2) is 3.93. The molecule has 0 bridgehead atoms. The lowest BCUT2D eigenvalue weighted by atomic mass is 10.1. The van der Waals surface area contributed by atoms with E-state index in [0.29, 0.717) is 4.47 Å². The first-order chi connectivity index (χ1) is 7.48. The summed E-state index contributed by atoms with van der Waals surface area (Å²) in [6, 6.07) is 4.01. The summed E-state index contributed by atoms with van der Waals surface area (Å²) in [6.45, 7) is 0. The molecule has 1 heterocycles. The maximum Gasteiger partial charge on any atom is 0.418 e. The molecule has 84 valence electrons. The first-order valence-corrected chi connectivity index (χ1v) is 5.13. The minimum atomic E-state index is -4.39. The second-order valence-corrected chi connectivity index (χ2v) is 4.04. The fourth-order valence-electron chi connectivity index (χ4n) is 1.36. The number of benzene rings is 1. The summed E-state index contributed by atoms with van der Waals surface area (Å²) in [7, 11) is 0. The van der Waals surface area contributed by atoms with Crippen LogP contribution >= 0.6 is 15.9 Å². The SMILES string of the molecule is FC(F)(F)c1cc(Br)ccc1-n1ccnc1. The highest BCUT2D eigenvalue weighted by molar-refractivity contribution is 9.10. The van der Waals surface area contributed by atoms with Crippen LogP contribution in [0, 0.1) is 0 Å². The zero-order valence-corrected chi connectivity index (χ0v) is 9.46. The molecule has 2 aromatic rings. The Hall–Kier alpha value is -1.30. The van der Waals surface area contributed by atoms with Gasteiger partial charge >= 0.3 is 6.18 Å². The molecule has 0 N–H and O–H groups in total. The van der Waals surface area contributed by atoms with Crippen molar-refractivity contribution in [1.82, 2.24) is 9.55 Å². The van der Waals surface area contributed by atoms with Crippen LogP contribution in [-0.2, 0) is 6.18 Å². The van der Waals surface area contributed by atoms with E-state index in [4.69, 9.17) is 0 Å². The van der Waals surface area contributed by atoms with Crippen molar-refractivity contribution in [3.63, 3.8) is 0 Å². The molecule has 0 atom stereocenters. The molecule has 1 aromatic heterocycles. The van der Waals surface area contributed by atoms with Crippen LogP contribution in [0.25, 0.3) is 5.69 Å². The number of hydrogen-bond donors (Lipinski definition) is 0. The first-order valence-electron chi connectivity index (χ1n) is 4.33. The van der Waals surface area contributed by atoms with Gasteiger partial charge in [0.2, 0.25) is 0 Å². The molecule has 0 unspecified atom stereocenters. The van der Waals surface area contributed by atoms with E-state index in [1.54, 1.807) is 6.07 Å². The Labute approximate surface area is 97.9 Å². The molecule has 0 amide bonds. The van der Waals surface area contributed by atoms with Gasteiger partial charge in [0.25, 0.3) is 0 Å². The lowest BCUT2D eigenvalue weighted by Crippen LogP contribution is -2.10. The van der Waals surface area contributed by atoms with Gasteiger partial charge in [-0.05, 0) is 18.2 Å². The number of halogens is 4. The molecule has 0 radical (unpaired) electrons. The highest BCUT2D eigenvalue weighted by atomic mass is 79.9. The Morgan fingerprint density at radius 3 is 2.56 bits per heavy atom. The molecule has 1 aromatic carbocycles. The number of aromatic nitrogens is 2. The maximum atomic E-state index is 12.8. The maximum absolute atomic E-state index is 12.8. The van der Waals surface area contributed by atoms with Gasteiger partial charge in [0.15, 0.2) is 0 Å². The molecule has 0 saturated heterocycles. The summed E-state index contributed by atoms with van der Waals surface area (Å²) < 4.78 is 40.0. The third kappa shape index (κ3) is 2.11. The quantitative estimate of drug-likeness (QED) is 0.784. The Bertz CT molecular complexity index is 491. The minimum Gasteiger partial charge on any atom is -0.306 e. The van der Waals surface area contributed by atoms with E-state index in [1.165, 1.54) is 29.4 Å². The van der Waals surface area contributed by atoms with E-state index in [2.05, 4.69) is 20.9 Å². The summed E-state index contributed by atoms with van der Waals surface area (Å²) in [5.41, 5.74) is -0.631. The van der Waals surface area contributed by atoms with Gasteiger partial charge in [0.05, 0.1) is 17.6 Å². The van der Waals surface area contributed by atoms with Crippen molar-refractivity contribution in [3.8, 4) is 5.69 Å². The Morgan fingerprint density at radius 2 is 2.00 bits per heavy atom. The van der Waals surface area contributed by atoms with Crippen LogP contribution in [0.2, 0.25) is 0 Å². The van der Waals surface area contributed by atoms with E-state index < -0.39 is 11.7 Å². The topological polar surface area (TPSA) is 17.8 Å². The van der Waals surface area contributed by atoms with Crippen molar-refractivity contribution >= 4 is 15.9 Å². The first kappa shape index (κ1) is 11.2. The van der Waals surface area contributed by atoms with Crippen LogP contribution in [0.15, 0.2) is 41.4 Å². The number of nitrogens with zero attached hydrogens (tertiary/aromatic N) is 2. The molecule has 2 nitrogen and oxygen atoms in total. The van der Waals surface area contributed by atoms with Gasteiger partial charge in [0, 0.05) is 16.9 Å². The molecule has 0 fully saturated rings. The van der Waals surface area contributed by atoms with E-state index in [1.807, 2.05) is 0 Å². The predicted octanol–water partition coefficient (Wildman–Crippen LogP) is 3.65. The van der Waals surface area contributed by atoms with Crippen molar-refractivity contribution in [2.24, 2.45) is 0 Å². The van der Waals surface area contributed by atoms with Gasteiger partial charge < -0.3 is 4.57 Å². The third-order valence-corrected chi connectivity index (χ3v) is 2.54. The fraction of sp³-hybridized carbons (Fsp3) is 0.100. The van der Waals surface area contributed by atoms with Gasteiger partial charge in [-0.1, -0.05) is 15.9 Å². The van der Waals surface area contributed by atoms with Gasteiger partial charge in [-0.25, -0.2) is 4.98 Å². The summed E-state index contributed by atoms with van der Waals surface area (Å²) in [6.07, 6.45) is -0.150. The number of imidazole rings is 1. The largest absolute Gasteiger partial charge is 0.418 e. The fourth-order valence-corrected chi connectivity index (χ4v) is 1.72. The zero-order valence-electron chi connectivity index (χ0n) is 7.87. The molecule has 0 spiro atoms. The van der Waals surface area contributed by atoms with Crippen LogP contribution in [0.4, 0.5) is 13.2 Å². The normalized spacial score (nSPS) is 11.8. The summed E-state index contributed by atoms with van der Waals surface area (Å²) in [5.74, 6) is 0. The minimum absolute atomic E-state index is 0.0631. The monoisotopic (exact) mass is 290 g/mol. The Balaban J connectivity index is 2.62. The number of hydrogen-bond acceptors (Lipinski definition) is 1. The molecule has 0 aliphatic rings. The van der Waals surface area contributed by atoms with Crippen molar-refractivity contribution in [2.75, 3.05) is 0 Å². The van der Waals surface area contributed by atoms with Crippen LogP contribution in [0.3, 0.4) is 0 Å². The summed E-state index contributed by atoms with van der Waals surface area (Å²) in [4.78, 5) is 3.73. The lowest BCUT2D eigenvalue weighted by molar-refractivity contribution is -0.137. The van der Waals surface area contributed by atoms with Crippen molar-refractivity contribution in [2.45, 2.75) is 6.18 Å². The third-order valence-electron chi connectivity index (χ3n) is 2.05. The van der Waals surface area contributed by atoms with Gasteiger partial charge in [0.1, 0.15) is 0 Å². The van der Waals surface area contributed by atoms with E-state index in [0.717, 1.165) is 6.07 Å². The number of rotatable bonds is 1. The number of alkyl halides is 3. The predicted molar refractivity (Wildman–Crippen MR) is 56.3 cm³/mol. The van der Waals surface area contributed by atoms with Crippen molar-refractivity contribution in [3.05, 3.63) is 47.0 Å². The van der Waals surface area contributed by atoms with Gasteiger partial charge in [-0.2, -0.15) is 13.2 Å². The molecule has 0 aliphatic heterocycles. The smallest absolute Gasteiger partial charge is 0.306 e. The summed E-state index contributed by atoms with van der Waals surface area (Å²) >= 11 is 3.03. The van der Waals surface area contributed by atoms with Crippen LogP contribution in [-0.4, -0.2) is 9.55 Å². The van der Waals surface area contributed by atoms with E-state index >= 15 is 0 Å². The molecule has 6 heteroatoms. The summed E-state index contributed by atoms with van der Waals surface area (Å²) in [5, 5.41) is 0. The van der Waals surface area contributed by atoms with E-state index in [9.17, 15) is 13.2 Å². The Morgan fingerprint density at radius 1 is 1.25 bits per heavy atom. The lowest BCUT2D eigenvalue weighted by Gasteiger charge is -2.13. The molecule has 16 heavy (non-hydrogen) atoms. The Kier molecular flexibility index (Phi) is 2.75. The van der Waals surface area contributed by atoms with Crippen LogP contribution in [0.5, 0.6) is 0 Å².